The number of benzene rings is 1. The van der Waals surface area contributed by atoms with E-state index in [2.05, 4.69) is 22.5 Å². The molecule has 1 aromatic carbocycles. The lowest BCUT2D eigenvalue weighted by molar-refractivity contribution is -0.120. The summed E-state index contributed by atoms with van der Waals surface area (Å²) in [7, 11) is 0. The smallest absolute Gasteiger partial charge is 0.227 e. The largest absolute Gasteiger partial charge is 0.445 e. The third-order valence-electron chi connectivity index (χ3n) is 3.83. The van der Waals surface area contributed by atoms with Gasteiger partial charge >= 0.3 is 0 Å². The molecule has 1 aliphatic heterocycles. The van der Waals surface area contributed by atoms with Gasteiger partial charge in [0.2, 0.25) is 11.8 Å². The second kappa shape index (κ2) is 6.10. The van der Waals surface area contributed by atoms with Crippen molar-refractivity contribution in [2.75, 3.05) is 11.9 Å². The van der Waals surface area contributed by atoms with Crippen molar-refractivity contribution < 1.29 is 9.21 Å². The Bertz CT molecular complexity index is 592. The summed E-state index contributed by atoms with van der Waals surface area (Å²) in [5.74, 6) is 0.778. The molecule has 3 rings (SSSR count). The van der Waals surface area contributed by atoms with Gasteiger partial charge in [0.25, 0.3) is 0 Å². The normalized spacial score (nSPS) is 22.0. The Labute approximate surface area is 123 Å². The highest BCUT2D eigenvalue weighted by Crippen LogP contribution is 2.22. The number of anilines is 1. The fraction of sp³-hybridized carbons (Fsp3) is 0.375. The van der Waals surface area contributed by atoms with Crippen LogP contribution in [-0.4, -0.2) is 23.5 Å². The van der Waals surface area contributed by atoms with E-state index in [-0.39, 0.29) is 11.8 Å². The average molecular weight is 285 g/mol. The lowest BCUT2D eigenvalue weighted by Gasteiger charge is -2.27. The lowest BCUT2D eigenvalue weighted by Crippen LogP contribution is -2.40. The van der Waals surface area contributed by atoms with Crippen LogP contribution in [0.2, 0.25) is 0 Å². The number of carbonyl (C=O) groups is 1. The molecule has 1 fully saturated rings. The molecule has 0 unspecified atom stereocenters. The van der Waals surface area contributed by atoms with Gasteiger partial charge < -0.3 is 15.1 Å². The van der Waals surface area contributed by atoms with Gasteiger partial charge in [0, 0.05) is 23.2 Å². The second-order valence-electron chi connectivity index (χ2n) is 5.48. The van der Waals surface area contributed by atoms with E-state index in [1.54, 1.807) is 12.5 Å². The molecule has 5 nitrogen and oxygen atoms in total. The fourth-order valence-electron chi connectivity index (χ4n) is 2.68. The maximum atomic E-state index is 12.3. The van der Waals surface area contributed by atoms with Crippen LogP contribution in [0.4, 0.5) is 5.69 Å². The number of hydrogen-bond acceptors (Lipinski definition) is 4. The van der Waals surface area contributed by atoms with E-state index in [0.29, 0.717) is 11.9 Å². The van der Waals surface area contributed by atoms with Crippen LogP contribution in [0.1, 0.15) is 19.8 Å². The molecule has 0 radical (unpaired) electrons. The fourth-order valence-corrected chi connectivity index (χ4v) is 2.68. The highest BCUT2D eigenvalue weighted by atomic mass is 16.3. The summed E-state index contributed by atoms with van der Waals surface area (Å²) in [6, 6.07) is 7.95. The van der Waals surface area contributed by atoms with Gasteiger partial charge in [-0.2, -0.15) is 0 Å². The van der Waals surface area contributed by atoms with Gasteiger partial charge in [0.05, 0.1) is 6.20 Å². The van der Waals surface area contributed by atoms with Crippen molar-refractivity contribution in [3.05, 3.63) is 36.7 Å². The standard InChI is InChI=1S/C16H19N3O2/c1-11-10-13(6-7-17-11)15(20)19-14-4-2-12(3-5-14)16-18-8-9-21-16/h2-5,8-9,11,13,17H,6-7,10H2,1H3,(H,19,20)/t11-,13-/m0/s1. The molecule has 1 saturated heterocycles. The van der Waals surface area contributed by atoms with Crippen LogP contribution >= 0.6 is 0 Å². The van der Waals surface area contributed by atoms with E-state index in [9.17, 15) is 4.79 Å². The summed E-state index contributed by atoms with van der Waals surface area (Å²) >= 11 is 0. The van der Waals surface area contributed by atoms with Crippen molar-refractivity contribution in [3.8, 4) is 11.5 Å². The van der Waals surface area contributed by atoms with Gasteiger partial charge in [-0.15, -0.1) is 0 Å². The van der Waals surface area contributed by atoms with Crippen molar-refractivity contribution in [1.29, 1.82) is 0 Å². The van der Waals surface area contributed by atoms with Gasteiger partial charge in [-0.05, 0) is 50.6 Å². The highest BCUT2D eigenvalue weighted by Gasteiger charge is 2.24. The second-order valence-corrected chi connectivity index (χ2v) is 5.48. The predicted octanol–water partition coefficient (Wildman–Crippen LogP) is 2.67. The topological polar surface area (TPSA) is 67.2 Å². The van der Waals surface area contributed by atoms with Crippen LogP contribution in [0.25, 0.3) is 11.5 Å². The Balaban J connectivity index is 1.63. The zero-order valence-electron chi connectivity index (χ0n) is 12.0. The quantitative estimate of drug-likeness (QED) is 0.910. The van der Waals surface area contributed by atoms with Crippen molar-refractivity contribution in [1.82, 2.24) is 10.3 Å². The van der Waals surface area contributed by atoms with Gasteiger partial charge in [0.15, 0.2) is 0 Å². The molecule has 21 heavy (non-hydrogen) atoms. The first kappa shape index (κ1) is 13.8. The number of carbonyl (C=O) groups excluding carboxylic acids is 1. The van der Waals surface area contributed by atoms with E-state index in [0.717, 1.165) is 30.6 Å². The number of hydrogen-bond donors (Lipinski definition) is 2. The van der Waals surface area contributed by atoms with Crippen molar-refractivity contribution in [2.45, 2.75) is 25.8 Å². The minimum atomic E-state index is 0.0904. The Kier molecular flexibility index (Phi) is 4.01. The van der Waals surface area contributed by atoms with Crippen LogP contribution in [-0.2, 0) is 4.79 Å². The van der Waals surface area contributed by atoms with E-state index < -0.39 is 0 Å². The zero-order valence-corrected chi connectivity index (χ0v) is 12.0. The van der Waals surface area contributed by atoms with Gasteiger partial charge in [-0.25, -0.2) is 4.98 Å². The number of piperidine rings is 1. The molecule has 110 valence electrons. The van der Waals surface area contributed by atoms with Crippen LogP contribution in [0.5, 0.6) is 0 Å². The molecule has 0 spiro atoms. The predicted molar refractivity (Wildman–Crippen MR) is 80.8 cm³/mol. The molecule has 2 N–H and O–H groups in total. The molecule has 2 aromatic rings. The minimum Gasteiger partial charge on any atom is -0.445 e. The summed E-state index contributed by atoms with van der Waals surface area (Å²) in [6.07, 6.45) is 4.94. The van der Waals surface area contributed by atoms with Crippen LogP contribution < -0.4 is 10.6 Å². The number of nitrogens with zero attached hydrogens (tertiary/aromatic N) is 1. The summed E-state index contributed by atoms with van der Waals surface area (Å²) in [4.78, 5) is 16.4. The van der Waals surface area contributed by atoms with E-state index in [4.69, 9.17) is 4.42 Å². The number of rotatable bonds is 3. The van der Waals surface area contributed by atoms with E-state index >= 15 is 0 Å². The minimum absolute atomic E-state index is 0.0904. The lowest BCUT2D eigenvalue weighted by atomic mass is 9.92. The zero-order chi connectivity index (χ0) is 14.7. The van der Waals surface area contributed by atoms with Gasteiger partial charge in [-0.1, -0.05) is 0 Å². The SMILES string of the molecule is C[C@H]1C[C@@H](C(=O)Nc2ccc(-c3ncco3)cc2)CCN1. The first-order valence-corrected chi connectivity index (χ1v) is 7.26. The number of amides is 1. The molecule has 2 atom stereocenters. The average Bonchev–Trinajstić information content (AvgIpc) is 3.02. The molecule has 5 heteroatoms. The van der Waals surface area contributed by atoms with Crippen molar-refractivity contribution in [3.63, 3.8) is 0 Å². The summed E-state index contributed by atoms with van der Waals surface area (Å²) < 4.78 is 5.24. The highest BCUT2D eigenvalue weighted by molar-refractivity contribution is 5.92. The molecular formula is C16H19N3O2. The summed E-state index contributed by atoms with van der Waals surface area (Å²) in [5, 5.41) is 6.34. The van der Waals surface area contributed by atoms with Crippen molar-refractivity contribution >= 4 is 11.6 Å². The Hall–Kier alpha value is -2.14. The number of aromatic nitrogens is 1. The van der Waals surface area contributed by atoms with Crippen LogP contribution in [0.15, 0.2) is 41.1 Å². The van der Waals surface area contributed by atoms with Crippen LogP contribution in [0.3, 0.4) is 0 Å². The maximum absolute atomic E-state index is 12.3. The Morgan fingerprint density at radius 1 is 1.38 bits per heavy atom. The van der Waals surface area contributed by atoms with Gasteiger partial charge in [-0.3, -0.25) is 4.79 Å². The molecule has 1 aromatic heterocycles. The molecule has 1 amide bonds. The van der Waals surface area contributed by atoms with E-state index in [1.165, 1.54) is 0 Å². The first-order valence-electron chi connectivity index (χ1n) is 7.26. The Morgan fingerprint density at radius 2 is 2.19 bits per heavy atom. The van der Waals surface area contributed by atoms with E-state index in [1.807, 2.05) is 24.3 Å². The molecule has 0 saturated carbocycles. The maximum Gasteiger partial charge on any atom is 0.227 e. The van der Waals surface area contributed by atoms with Gasteiger partial charge in [0.1, 0.15) is 6.26 Å². The molecule has 2 heterocycles. The molecular weight excluding hydrogens is 266 g/mol. The summed E-state index contributed by atoms with van der Waals surface area (Å²) in [5.41, 5.74) is 1.70. The molecule has 1 aliphatic rings. The number of nitrogens with one attached hydrogen (secondary N) is 2. The third-order valence-corrected chi connectivity index (χ3v) is 3.83. The van der Waals surface area contributed by atoms with Crippen molar-refractivity contribution in [2.24, 2.45) is 5.92 Å². The molecule has 0 bridgehead atoms. The monoisotopic (exact) mass is 285 g/mol. The number of oxazole rings is 1. The van der Waals surface area contributed by atoms with Crippen LogP contribution in [0, 0.1) is 5.92 Å². The molecule has 0 aliphatic carbocycles. The summed E-state index contributed by atoms with van der Waals surface area (Å²) in [6.45, 7) is 3.02. The Morgan fingerprint density at radius 3 is 2.86 bits per heavy atom. The first-order chi connectivity index (χ1) is 10.2. The third kappa shape index (κ3) is 3.31.